The number of ether oxygens (including phenoxy) is 2. The second-order valence-corrected chi connectivity index (χ2v) is 7.60. The second kappa shape index (κ2) is 8.32. The molecule has 1 saturated heterocycles. The van der Waals surface area contributed by atoms with E-state index in [4.69, 9.17) is 25.2 Å². The van der Waals surface area contributed by atoms with E-state index in [1.165, 1.54) is 5.69 Å². The van der Waals surface area contributed by atoms with Crippen LogP contribution in [-0.4, -0.2) is 56.4 Å². The Bertz CT molecular complexity index is 801. The van der Waals surface area contributed by atoms with Crippen LogP contribution in [0.1, 0.15) is 30.3 Å². The van der Waals surface area contributed by atoms with E-state index >= 15 is 0 Å². The molecule has 0 atom stereocenters. The summed E-state index contributed by atoms with van der Waals surface area (Å²) >= 11 is 0. The van der Waals surface area contributed by atoms with Gasteiger partial charge in [0.25, 0.3) is 0 Å². The first-order chi connectivity index (χ1) is 13.7. The molecule has 0 bridgehead atoms. The fraction of sp³-hybridized carbons (Fsp3) is 0.524. The summed E-state index contributed by atoms with van der Waals surface area (Å²) in [7, 11) is 3.39. The number of anilines is 2. The lowest BCUT2D eigenvalue weighted by Crippen LogP contribution is -2.47. The predicted molar refractivity (Wildman–Crippen MR) is 110 cm³/mol. The van der Waals surface area contributed by atoms with E-state index in [2.05, 4.69) is 28.0 Å². The van der Waals surface area contributed by atoms with Crippen LogP contribution in [0.15, 0.2) is 30.3 Å². The topological polar surface area (TPSA) is 76.7 Å². The van der Waals surface area contributed by atoms with Crippen molar-refractivity contribution in [1.29, 1.82) is 0 Å². The molecule has 2 N–H and O–H groups in total. The zero-order chi connectivity index (χ0) is 19.5. The van der Waals surface area contributed by atoms with Crippen LogP contribution in [-0.2, 0) is 11.3 Å². The Hall–Kier alpha value is -2.38. The van der Waals surface area contributed by atoms with Crippen molar-refractivity contribution in [2.75, 3.05) is 50.2 Å². The number of rotatable bonds is 6. The molecule has 1 aromatic heterocycles. The standard InChI is InChI=1S/C21H29N5O2/c1-27-14-20-23-19(15-10-16(22)11-15)13-21(24-20)26-8-6-25(7-9-26)17-4-3-5-18(12-17)28-2/h3-5,12-13,15-16H,6-11,14,22H2,1-2H3. The molecule has 1 aliphatic carbocycles. The van der Waals surface area contributed by atoms with E-state index in [0.29, 0.717) is 18.6 Å². The molecule has 7 nitrogen and oxygen atoms in total. The molecule has 0 unspecified atom stereocenters. The number of nitrogens with zero attached hydrogens (tertiary/aromatic N) is 4. The summed E-state index contributed by atoms with van der Waals surface area (Å²) in [5, 5.41) is 0. The summed E-state index contributed by atoms with van der Waals surface area (Å²) in [6.45, 7) is 4.17. The molecule has 4 rings (SSSR count). The minimum Gasteiger partial charge on any atom is -0.497 e. The van der Waals surface area contributed by atoms with Crippen LogP contribution in [0.3, 0.4) is 0 Å². The van der Waals surface area contributed by atoms with Gasteiger partial charge in [-0.05, 0) is 25.0 Å². The van der Waals surface area contributed by atoms with Gasteiger partial charge in [-0.1, -0.05) is 6.07 Å². The Labute approximate surface area is 166 Å². The van der Waals surface area contributed by atoms with E-state index in [-0.39, 0.29) is 0 Å². The smallest absolute Gasteiger partial charge is 0.156 e. The van der Waals surface area contributed by atoms with Crippen molar-refractivity contribution in [2.24, 2.45) is 5.73 Å². The minimum atomic E-state index is 0.306. The molecular weight excluding hydrogens is 354 g/mol. The maximum absolute atomic E-state index is 5.98. The van der Waals surface area contributed by atoms with Gasteiger partial charge in [0.2, 0.25) is 0 Å². The molecule has 2 fully saturated rings. The first-order valence-electron chi connectivity index (χ1n) is 9.92. The van der Waals surface area contributed by atoms with Gasteiger partial charge in [0.05, 0.1) is 7.11 Å². The summed E-state index contributed by atoms with van der Waals surface area (Å²) in [6, 6.07) is 10.7. The summed E-state index contributed by atoms with van der Waals surface area (Å²) < 4.78 is 10.6. The van der Waals surface area contributed by atoms with E-state index in [1.54, 1.807) is 14.2 Å². The van der Waals surface area contributed by atoms with Crippen LogP contribution in [0, 0.1) is 0 Å². The molecule has 1 saturated carbocycles. The number of piperazine rings is 1. The van der Waals surface area contributed by atoms with E-state index in [1.807, 2.05) is 12.1 Å². The Morgan fingerprint density at radius 1 is 1.04 bits per heavy atom. The molecule has 0 spiro atoms. The van der Waals surface area contributed by atoms with Crippen LogP contribution < -0.4 is 20.3 Å². The zero-order valence-electron chi connectivity index (χ0n) is 16.7. The van der Waals surface area contributed by atoms with Gasteiger partial charge < -0.3 is 25.0 Å². The average Bonchev–Trinajstić information content (AvgIpc) is 2.71. The van der Waals surface area contributed by atoms with Crippen molar-refractivity contribution in [2.45, 2.75) is 31.4 Å². The Kier molecular flexibility index (Phi) is 5.64. The minimum absolute atomic E-state index is 0.306. The molecule has 2 heterocycles. The van der Waals surface area contributed by atoms with Crippen LogP contribution in [0.25, 0.3) is 0 Å². The number of aromatic nitrogens is 2. The fourth-order valence-electron chi connectivity index (χ4n) is 3.97. The van der Waals surface area contributed by atoms with Gasteiger partial charge in [0.15, 0.2) is 5.82 Å². The molecule has 2 aliphatic rings. The summed E-state index contributed by atoms with van der Waals surface area (Å²) in [6.07, 6.45) is 2.01. The van der Waals surface area contributed by atoms with E-state index < -0.39 is 0 Å². The molecule has 28 heavy (non-hydrogen) atoms. The third kappa shape index (κ3) is 4.05. The molecular formula is C21H29N5O2. The van der Waals surface area contributed by atoms with Crippen molar-refractivity contribution in [3.05, 3.63) is 41.9 Å². The van der Waals surface area contributed by atoms with Gasteiger partial charge in [0.1, 0.15) is 18.2 Å². The number of hydrogen-bond donors (Lipinski definition) is 1. The lowest BCUT2D eigenvalue weighted by Gasteiger charge is -2.37. The summed E-state index contributed by atoms with van der Waals surface area (Å²) in [4.78, 5) is 14.2. The van der Waals surface area contributed by atoms with Gasteiger partial charge >= 0.3 is 0 Å². The van der Waals surface area contributed by atoms with Crippen molar-refractivity contribution < 1.29 is 9.47 Å². The van der Waals surface area contributed by atoms with E-state index in [9.17, 15) is 0 Å². The molecule has 1 aromatic carbocycles. The number of benzene rings is 1. The molecule has 0 amide bonds. The zero-order valence-corrected chi connectivity index (χ0v) is 16.7. The van der Waals surface area contributed by atoms with E-state index in [0.717, 1.165) is 62.1 Å². The molecule has 0 radical (unpaired) electrons. The average molecular weight is 383 g/mol. The molecule has 150 valence electrons. The van der Waals surface area contributed by atoms with Gasteiger partial charge in [-0.2, -0.15) is 0 Å². The van der Waals surface area contributed by atoms with Crippen LogP contribution in [0.5, 0.6) is 5.75 Å². The van der Waals surface area contributed by atoms with Gasteiger partial charge in [-0.3, -0.25) is 0 Å². The van der Waals surface area contributed by atoms with Gasteiger partial charge in [-0.15, -0.1) is 0 Å². The van der Waals surface area contributed by atoms with Crippen LogP contribution in [0.4, 0.5) is 11.5 Å². The molecule has 2 aromatic rings. The largest absolute Gasteiger partial charge is 0.497 e. The highest BCUT2D eigenvalue weighted by atomic mass is 16.5. The number of methoxy groups -OCH3 is 2. The third-order valence-corrected chi connectivity index (χ3v) is 5.67. The van der Waals surface area contributed by atoms with Crippen molar-refractivity contribution in [3.8, 4) is 5.75 Å². The summed E-state index contributed by atoms with van der Waals surface area (Å²) in [5.41, 5.74) is 8.29. The lowest BCUT2D eigenvalue weighted by molar-refractivity contribution is 0.177. The lowest BCUT2D eigenvalue weighted by atomic mass is 9.78. The Morgan fingerprint density at radius 2 is 1.79 bits per heavy atom. The Balaban J connectivity index is 1.47. The highest BCUT2D eigenvalue weighted by Crippen LogP contribution is 2.36. The normalized spacial score (nSPS) is 22.1. The second-order valence-electron chi connectivity index (χ2n) is 7.60. The number of nitrogens with two attached hydrogens (primary N) is 1. The summed E-state index contributed by atoms with van der Waals surface area (Å²) in [5.74, 6) is 3.10. The first kappa shape index (κ1) is 19.0. The van der Waals surface area contributed by atoms with Crippen molar-refractivity contribution in [1.82, 2.24) is 9.97 Å². The molecule has 7 heteroatoms. The third-order valence-electron chi connectivity index (χ3n) is 5.67. The predicted octanol–water partition coefficient (Wildman–Crippen LogP) is 2.16. The van der Waals surface area contributed by atoms with Gasteiger partial charge in [-0.25, -0.2) is 9.97 Å². The SMILES string of the molecule is COCc1nc(C2CC(N)C2)cc(N2CCN(c3cccc(OC)c3)CC2)n1. The van der Waals surface area contributed by atoms with Crippen molar-refractivity contribution in [3.63, 3.8) is 0 Å². The van der Waals surface area contributed by atoms with Crippen LogP contribution in [0.2, 0.25) is 0 Å². The van der Waals surface area contributed by atoms with Gasteiger partial charge in [0, 0.05) is 68.8 Å². The Morgan fingerprint density at radius 3 is 2.46 bits per heavy atom. The highest BCUT2D eigenvalue weighted by Gasteiger charge is 2.30. The number of hydrogen-bond acceptors (Lipinski definition) is 7. The fourth-order valence-corrected chi connectivity index (χ4v) is 3.97. The molecule has 1 aliphatic heterocycles. The van der Waals surface area contributed by atoms with Crippen molar-refractivity contribution >= 4 is 11.5 Å². The first-order valence-corrected chi connectivity index (χ1v) is 9.92. The highest BCUT2D eigenvalue weighted by molar-refractivity contribution is 5.53. The van der Waals surface area contributed by atoms with Crippen LogP contribution >= 0.6 is 0 Å². The quantitative estimate of drug-likeness (QED) is 0.819. The monoisotopic (exact) mass is 383 g/mol. The maximum Gasteiger partial charge on any atom is 0.156 e. The maximum atomic E-state index is 5.98.